The van der Waals surface area contributed by atoms with Crippen molar-refractivity contribution in [2.75, 3.05) is 11.9 Å². The molecule has 0 unspecified atom stereocenters. The molecule has 1 aliphatic carbocycles. The van der Waals surface area contributed by atoms with Crippen molar-refractivity contribution in [3.63, 3.8) is 0 Å². The number of carbonyl (C=O) groups excluding carboxylic acids is 1. The first kappa shape index (κ1) is 15.7. The fourth-order valence-corrected chi connectivity index (χ4v) is 3.94. The number of amides is 1. The van der Waals surface area contributed by atoms with Crippen LogP contribution < -0.4 is 5.32 Å². The Kier molecular flexibility index (Phi) is 4.05. The normalized spacial score (nSPS) is 17.6. The number of nitrogens with zero attached hydrogens (tertiary/aromatic N) is 2. The number of hydrogen-bond acceptors (Lipinski definition) is 4. The van der Waals surface area contributed by atoms with Crippen LogP contribution in [0.15, 0.2) is 18.2 Å². The molecule has 0 saturated heterocycles. The Morgan fingerprint density at radius 1 is 1.33 bits per heavy atom. The molecule has 4 nitrogen and oxygen atoms in total. The smallest absolute Gasteiger partial charge is 0.229 e. The van der Waals surface area contributed by atoms with Crippen LogP contribution in [0.2, 0.25) is 0 Å². The average Bonchev–Trinajstić information content (AvgIpc) is 3.32. The van der Waals surface area contributed by atoms with Crippen LogP contribution >= 0.6 is 11.3 Å². The van der Waals surface area contributed by atoms with Gasteiger partial charge in [-0.2, -0.15) is 0 Å². The van der Waals surface area contributed by atoms with Crippen molar-refractivity contribution in [2.24, 2.45) is 5.92 Å². The van der Waals surface area contributed by atoms with Crippen LogP contribution in [-0.2, 0) is 24.3 Å². The van der Waals surface area contributed by atoms with Crippen LogP contribution in [0, 0.1) is 17.6 Å². The van der Waals surface area contributed by atoms with Gasteiger partial charge in [0.15, 0.2) is 16.8 Å². The second-order valence-corrected chi connectivity index (χ2v) is 7.45. The molecule has 0 spiro atoms. The lowest BCUT2D eigenvalue weighted by molar-refractivity contribution is -0.117. The number of rotatable bonds is 4. The predicted octanol–water partition coefficient (Wildman–Crippen LogP) is 3.33. The predicted molar refractivity (Wildman–Crippen MR) is 87.6 cm³/mol. The summed E-state index contributed by atoms with van der Waals surface area (Å²) in [5.41, 5.74) is 1.79. The van der Waals surface area contributed by atoms with Crippen molar-refractivity contribution >= 4 is 22.4 Å². The van der Waals surface area contributed by atoms with Crippen molar-refractivity contribution < 1.29 is 13.6 Å². The zero-order valence-electron chi connectivity index (χ0n) is 13.0. The minimum absolute atomic E-state index is 0.0692. The minimum Gasteiger partial charge on any atom is -0.302 e. The van der Waals surface area contributed by atoms with Gasteiger partial charge in [0.1, 0.15) is 0 Å². The Morgan fingerprint density at radius 2 is 2.17 bits per heavy atom. The Bertz CT molecular complexity index is 788. The molecule has 0 radical (unpaired) electrons. The second kappa shape index (κ2) is 6.22. The highest BCUT2D eigenvalue weighted by molar-refractivity contribution is 7.15. The lowest BCUT2D eigenvalue weighted by Crippen LogP contribution is -2.29. The first-order valence-electron chi connectivity index (χ1n) is 8.04. The van der Waals surface area contributed by atoms with Crippen LogP contribution in [0.1, 0.15) is 29.0 Å². The number of halogens is 2. The van der Waals surface area contributed by atoms with E-state index >= 15 is 0 Å². The number of thiazole rings is 1. The fraction of sp³-hybridized carbons (Fsp3) is 0.412. The van der Waals surface area contributed by atoms with E-state index in [-0.39, 0.29) is 11.8 Å². The van der Waals surface area contributed by atoms with Gasteiger partial charge in [0.25, 0.3) is 0 Å². The molecule has 4 rings (SSSR count). The maximum Gasteiger partial charge on any atom is 0.229 e. The molecule has 1 saturated carbocycles. The highest BCUT2D eigenvalue weighted by Gasteiger charge is 2.30. The number of carbonyl (C=O) groups is 1. The van der Waals surface area contributed by atoms with Gasteiger partial charge in [-0.3, -0.25) is 9.69 Å². The van der Waals surface area contributed by atoms with E-state index in [9.17, 15) is 13.6 Å². The van der Waals surface area contributed by atoms with Crippen LogP contribution in [0.25, 0.3) is 0 Å². The first-order chi connectivity index (χ1) is 11.6. The molecule has 1 aromatic heterocycles. The van der Waals surface area contributed by atoms with Gasteiger partial charge in [-0.1, -0.05) is 6.07 Å². The summed E-state index contributed by atoms with van der Waals surface area (Å²) < 4.78 is 26.3. The van der Waals surface area contributed by atoms with Crippen LogP contribution in [0.5, 0.6) is 0 Å². The maximum absolute atomic E-state index is 13.3. The van der Waals surface area contributed by atoms with E-state index in [1.54, 1.807) is 6.07 Å². The number of fused-ring (bicyclic) bond motifs is 1. The van der Waals surface area contributed by atoms with Crippen LogP contribution in [0.3, 0.4) is 0 Å². The monoisotopic (exact) mass is 349 g/mol. The van der Waals surface area contributed by atoms with Crippen LogP contribution in [-0.4, -0.2) is 22.3 Å². The molecule has 2 aliphatic rings. The Hall–Kier alpha value is -1.86. The van der Waals surface area contributed by atoms with E-state index in [4.69, 9.17) is 0 Å². The van der Waals surface area contributed by atoms with E-state index in [0.717, 1.165) is 48.0 Å². The fourth-order valence-electron chi connectivity index (χ4n) is 2.89. The van der Waals surface area contributed by atoms with Crippen molar-refractivity contribution in [3.8, 4) is 0 Å². The molecule has 1 N–H and O–H groups in total. The van der Waals surface area contributed by atoms with Gasteiger partial charge >= 0.3 is 0 Å². The minimum atomic E-state index is -0.821. The van der Waals surface area contributed by atoms with Gasteiger partial charge in [-0.25, -0.2) is 13.8 Å². The summed E-state index contributed by atoms with van der Waals surface area (Å²) >= 11 is 1.51. The second-order valence-electron chi connectivity index (χ2n) is 6.36. The number of anilines is 1. The van der Waals surface area contributed by atoms with E-state index in [0.29, 0.717) is 18.2 Å². The zero-order chi connectivity index (χ0) is 16.7. The first-order valence-corrected chi connectivity index (χ1v) is 8.86. The van der Waals surface area contributed by atoms with Crippen LogP contribution in [0.4, 0.5) is 13.9 Å². The molecule has 24 heavy (non-hydrogen) atoms. The Balaban J connectivity index is 1.42. The molecule has 0 atom stereocenters. The maximum atomic E-state index is 13.3. The quantitative estimate of drug-likeness (QED) is 0.921. The van der Waals surface area contributed by atoms with Gasteiger partial charge in [-0.05, 0) is 30.5 Å². The molecule has 1 fully saturated rings. The molecule has 1 amide bonds. The molecule has 0 bridgehead atoms. The summed E-state index contributed by atoms with van der Waals surface area (Å²) in [6, 6.07) is 4.03. The van der Waals surface area contributed by atoms with Gasteiger partial charge in [0.05, 0.1) is 5.69 Å². The zero-order valence-corrected chi connectivity index (χ0v) is 13.8. The van der Waals surface area contributed by atoms with Crippen molar-refractivity contribution in [3.05, 3.63) is 46.0 Å². The third-order valence-corrected chi connectivity index (χ3v) is 5.38. The molecule has 7 heteroatoms. The molecule has 1 aliphatic heterocycles. The molecule has 126 valence electrons. The number of hydrogen-bond donors (Lipinski definition) is 1. The van der Waals surface area contributed by atoms with Crippen molar-refractivity contribution in [1.29, 1.82) is 0 Å². The van der Waals surface area contributed by atoms with Gasteiger partial charge in [0, 0.05) is 36.9 Å². The summed E-state index contributed by atoms with van der Waals surface area (Å²) in [7, 11) is 0. The van der Waals surface area contributed by atoms with E-state index < -0.39 is 11.6 Å². The third kappa shape index (κ3) is 3.32. The lowest BCUT2D eigenvalue weighted by atomic mass is 10.1. The van der Waals surface area contributed by atoms with Gasteiger partial charge in [-0.15, -0.1) is 11.3 Å². The Morgan fingerprint density at radius 3 is 2.92 bits per heavy atom. The molecule has 2 heterocycles. The molecule has 2 aromatic rings. The summed E-state index contributed by atoms with van der Waals surface area (Å²) in [6.45, 7) is 2.09. The van der Waals surface area contributed by atoms with E-state index in [2.05, 4.69) is 15.2 Å². The average molecular weight is 349 g/mol. The SMILES string of the molecule is O=C(Nc1nc2c(s1)CN(Cc1ccc(F)c(F)c1)CC2)C1CC1. The van der Waals surface area contributed by atoms with E-state index in [1.807, 2.05) is 0 Å². The number of nitrogens with one attached hydrogen (secondary N) is 1. The summed E-state index contributed by atoms with van der Waals surface area (Å²) in [5, 5.41) is 3.57. The third-order valence-electron chi connectivity index (χ3n) is 4.38. The highest BCUT2D eigenvalue weighted by atomic mass is 32.1. The summed E-state index contributed by atoms with van der Waals surface area (Å²) in [6.07, 6.45) is 2.74. The summed E-state index contributed by atoms with van der Waals surface area (Å²) in [5.74, 6) is -1.40. The van der Waals surface area contributed by atoms with Gasteiger partial charge < -0.3 is 5.32 Å². The molecular weight excluding hydrogens is 332 g/mol. The van der Waals surface area contributed by atoms with Crippen molar-refractivity contribution in [2.45, 2.75) is 32.4 Å². The summed E-state index contributed by atoms with van der Waals surface area (Å²) in [4.78, 5) is 19.7. The van der Waals surface area contributed by atoms with Crippen molar-refractivity contribution in [1.82, 2.24) is 9.88 Å². The topological polar surface area (TPSA) is 45.2 Å². The molecular formula is C17H17F2N3OS. The largest absolute Gasteiger partial charge is 0.302 e. The van der Waals surface area contributed by atoms with E-state index in [1.165, 1.54) is 17.4 Å². The number of aromatic nitrogens is 1. The number of benzene rings is 1. The van der Waals surface area contributed by atoms with Gasteiger partial charge in [0.2, 0.25) is 5.91 Å². The highest BCUT2D eigenvalue weighted by Crippen LogP contribution is 2.33. The standard InChI is InChI=1S/C17H17F2N3OS/c18-12-4-1-10(7-13(12)19)8-22-6-5-14-15(9-22)24-17(20-14)21-16(23)11-2-3-11/h1,4,7,11H,2-3,5-6,8-9H2,(H,20,21,23). The molecule has 1 aromatic carbocycles. The Labute approximate surface area is 142 Å². The lowest BCUT2D eigenvalue weighted by Gasteiger charge is -2.25.